The summed E-state index contributed by atoms with van der Waals surface area (Å²) in [5.41, 5.74) is 8.77. The lowest BCUT2D eigenvalue weighted by Crippen LogP contribution is -2.44. The van der Waals surface area contributed by atoms with Crippen molar-refractivity contribution in [3.05, 3.63) is 71.1 Å². The van der Waals surface area contributed by atoms with Crippen LogP contribution in [0.2, 0.25) is 0 Å². The third kappa shape index (κ3) is 2.90. The molecule has 1 aliphatic rings. The van der Waals surface area contributed by atoms with E-state index in [1.54, 1.807) is 33.7 Å². The number of hydrogen-bond acceptors (Lipinski definition) is 7. The summed E-state index contributed by atoms with van der Waals surface area (Å²) in [7, 11) is 4.86. The SMILES string of the molecule is COc1ccc(C2N=c3occc3=C(N)N2c2ccc(OC)cc2OC)cc1. The van der Waals surface area contributed by atoms with E-state index in [9.17, 15) is 0 Å². The molecule has 1 aliphatic heterocycles. The van der Waals surface area contributed by atoms with E-state index in [0.29, 0.717) is 22.9 Å². The molecule has 0 amide bonds. The highest BCUT2D eigenvalue weighted by Crippen LogP contribution is 2.39. The van der Waals surface area contributed by atoms with Gasteiger partial charge in [0, 0.05) is 6.07 Å². The standard InChI is InChI=1S/C21H21N3O4/c1-25-14-6-4-13(5-7-14)20-23-21-16(10-11-28-21)19(22)24(20)17-9-8-15(26-2)12-18(17)27-3/h4-12,20H,22H2,1-3H3. The maximum absolute atomic E-state index is 6.56. The predicted octanol–water partition coefficient (Wildman–Crippen LogP) is 2.17. The van der Waals surface area contributed by atoms with E-state index in [2.05, 4.69) is 0 Å². The zero-order valence-electron chi connectivity index (χ0n) is 15.9. The summed E-state index contributed by atoms with van der Waals surface area (Å²) in [6.45, 7) is 0. The Morgan fingerprint density at radius 2 is 1.64 bits per heavy atom. The molecule has 0 aliphatic carbocycles. The van der Waals surface area contributed by atoms with Gasteiger partial charge < -0.3 is 24.4 Å². The van der Waals surface area contributed by atoms with Crippen LogP contribution in [0.1, 0.15) is 11.7 Å². The average molecular weight is 379 g/mol. The first kappa shape index (κ1) is 17.8. The lowest BCUT2D eigenvalue weighted by Gasteiger charge is -2.33. The van der Waals surface area contributed by atoms with Gasteiger partial charge in [-0.2, -0.15) is 0 Å². The fourth-order valence-electron chi connectivity index (χ4n) is 3.27. The van der Waals surface area contributed by atoms with Gasteiger partial charge in [0.05, 0.1) is 38.5 Å². The summed E-state index contributed by atoms with van der Waals surface area (Å²) in [6, 6.07) is 15.1. The molecule has 0 fully saturated rings. The lowest BCUT2D eigenvalue weighted by molar-refractivity contribution is 0.393. The Balaban J connectivity index is 1.91. The Labute approximate surface area is 162 Å². The topological polar surface area (TPSA) is 82.5 Å². The van der Waals surface area contributed by atoms with Crippen LogP contribution in [0, 0.1) is 0 Å². The number of anilines is 1. The Morgan fingerprint density at radius 1 is 0.929 bits per heavy atom. The molecule has 0 bridgehead atoms. The van der Waals surface area contributed by atoms with Crippen LogP contribution in [-0.4, -0.2) is 21.3 Å². The second-order valence-corrected chi connectivity index (χ2v) is 6.21. The number of benzene rings is 2. The van der Waals surface area contributed by atoms with Gasteiger partial charge in [0.25, 0.3) is 0 Å². The van der Waals surface area contributed by atoms with E-state index in [1.165, 1.54) is 0 Å². The molecule has 28 heavy (non-hydrogen) atoms. The van der Waals surface area contributed by atoms with Crippen molar-refractivity contribution in [3.8, 4) is 17.2 Å². The van der Waals surface area contributed by atoms with Gasteiger partial charge in [-0.3, -0.25) is 4.90 Å². The summed E-state index contributed by atoms with van der Waals surface area (Å²) >= 11 is 0. The van der Waals surface area contributed by atoms with Crippen molar-refractivity contribution in [2.24, 2.45) is 10.7 Å². The molecular formula is C21H21N3O4. The molecule has 1 unspecified atom stereocenters. The number of nitrogens with zero attached hydrogens (tertiary/aromatic N) is 2. The fourth-order valence-corrected chi connectivity index (χ4v) is 3.27. The third-order valence-corrected chi connectivity index (χ3v) is 4.72. The maximum atomic E-state index is 6.56. The minimum absolute atomic E-state index is 0.424. The molecule has 7 heteroatoms. The molecular weight excluding hydrogens is 358 g/mol. The molecule has 144 valence electrons. The number of nitrogens with two attached hydrogens (primary N) is 1. The molecule has 0 radical (unpaired) electrons. The third-order valence-electron chi connectivity index (χ3n) is 4.72. The van der Waals surface area contributed by atoms with Gasteiger partial charge in [0.2, 0.25) is 5.55 Å². The quantitative estimate of drug-likeness (QED) is 0.732. The molecule has 0 spiro atoms. The van der Waals surface area contributed by atoms with Crippen LogP contribution in [0.15, 0.2) is 64.2 Å². The number of fused-ring (bicyclic) bond motifs is 1. The fraction of sp³-hybridized carbons (Fsp3) is 0.190. The first-order chi connectivity index (χ1) is 13.7. The summed E-state index contributed by atoms with van der Waals surface area (Å²) in [5, 5.41) is 0.739. The number of hydrogen-bond donors (Lipinski definition) is 1. The smallest absolute Gasteiger partial charge is 0.227 e. The van der Waals surface area contributed by atoms with E-state index < -0.39 is 6.17 Å². The van der Waals surface area contributed by atoms with Crippen LogP contribution >= 0.6 is 0 Å². The minimum Gasteiger partial charge on any atom is -0.497 e. The molecule has 4 rings (SSSR count). The molecule has 3 aromatic rings. The highest BCUT2D eigenvalue weighted by Gasteiger charge is 2.29. The first-order valence-electron chi connectivity index (χ1n) is 8.72. The summed E-state index contributed by atoms with van der Waals surface area (Å²) in [5.74, 6) is 2.62. The Morgan fingerprint density at radius 3 is 2.32 bits per heavy atom. The Kier molecular flexibility index (Phi) is 4.57. The second kappa shape index (κ2) is 7.19. The average Bonchev–Trinajstić information content (AvgIpc) is 3.22. The van der Waals surface area contributed by atoms with E-state index in [0.717, 1.165) is 22.2 Å². The second-order valence-electron chi connectivity index (χ2n) is 6.21. The molecule has 2 aromatic carbocycles. The van der Waals surface area contributed by atoms with Gasteiger partial charge in [0.15, 0.2) is 6.17 Å². The van der Waals surface area contributed by atoms with Crippen LogP contribution in [0.3, 0.4) is 0 Å². The highest BCUT2D eigenvalue weighted by molar-refractivity contribution is 5.74. The number of methoxy groups -OCH3 is 3. The van der Waals surface area contributed by atoms with Crippen molar-refractivity contribution in [2.45, 2.75) is 6.17 Å². The van der Waals surface area contributed by atoms with E-state index in [4.69, 9.17) is 29.4 Å². The lowest BCUT2D eigenvalue weighted by atomic mass is 10.1. The molecule has 1 aromatic heterocycles. The van der Waals surface area contributed by atoms with Crippen LogP contribution in [0.4, 0.5) is 5.69 Å². The van der Waals surface area contributed by atoms with Crippen molar-refractivity contribution in [2.75, 3.05) is 26.2 Å². The number of ether oxygens (including phenoxy) is 3. The summed E-state index contributed by atoms with van der Waals surface area (Å²) in [6.07, 6.45) is 1.16. The summed E-state index contributed by atoms with van der Waals surface area (Å²) in [4.78, 5) is 6.72. The molecule has 2 heterocycles. The normalized spacial score (nSPS) is 15.6. The van der Waals surface area contributed by atoms with Crippen LogP contribution in [-0.2, 0) is 0 Å². The van der Waals surface area contributed by atoms with E-state index in [1.807, 2.05) is 47.4 Å². The van der Waals surface area contributed by atoms with Gasteiger partial charge in [-0.05, 0) is 35.9 Å². The monoisotopic (exact) mass is 379 g/mol. The highest BCUT2D eigenvalue weighted by atomic mass is 16.5. The number of rotatable bonds is 5. The van der Waals surface area contributed by atoms with Crippen molar-refractivity contribution < 1.29 is 18.6 Å². The molecule has 1 atom stereocenters. The van der Waals surface area contributed by atoms with Crippen LogP contribution in [0.25, 0.3) is 5.82 Å². The minimum atomic E-state index is -0.424. The Bertz CT molecular complexity index is 1110. The van der Waals surface area contributed by atoms with Crippen LogP contribution in [0.5, 0.6) is 17.2 Å². The zero-order valence-corrected chi connectivity index (χ0v) is 15.9. The molecule has 7 nitrogen and oxygen atoms in total. The Hall–Kier alpha value is -3.61. The van der Waals surface area contributed by atoms with Gasteiger partial charge in [-0.15, -0.1) is 0 Å². The van der Waals surface area contributed by atoms with Crippen LogP contribution < -0.4 is 35.6 Å². The zero-order chi connectivity index (χ0) is 19.7. The van der Waals surface area contributed by atoms with Crippen molar-refractivity contribution in [1.29, 1.82) is 0 Å². The maximum Gasteiger partial charge on any atom is 0.227 e. The van der Waals surface area contributed by atoms with E-state index >= 15 is 0 Å². The van der Waals surface area contributed by atoms with Crippen molar-refractivity contribution in [1.82, 2.24) is 0 Å². The van der Waals surface area contributed by atoms with Gasteiger partial charge in [0.1, 0.15) is 23.1 Å². The van der Waals surface area contributed by atoms with Gasteiger partial charge >= 0.3 is 0 Å². The summed E-state index contributed by atoms with van der Waals surface area (Å²) < 4.78 is 21.7. The van der Waals surface area contributed by atoms with Crippen molar-refractivity contribution >= 4 is 11.5 Å². The molecule has 2 N–H and O–H groups in total. The molecule has 0 saturated carbocycles. The van der Waals surface area contributed by atoms with Gasteiger partial charge in [-0.25, -0.2) is 4.99 Å². The molecule has 0 saturated heterocycles. The predicted molar refractivity (Wildman–Crippen MR) is 105 cm³/mol. The first-order valence-corrected chi connectivity index (χ1v) is 8.72. The van der Waals surface area contributed by atoms with Gasteiger partial charge in [-0.1, -0.05) is 12.1 Å². The van der Waals surface area contributed by atoms with Crippen molar-refractivity contribution in [3.63, 3.8) is 0 Å². The number of furan rings is 1. The largest absolute Gasteiger partial charge is 0.497 e. The van der Waals surface area contributed by atoms with E-state index in [-0.39, 0.29) is 0 Å².